The molecule has 0 heterocycles. The van der Waals surface area contributed by atoms with E-state index in [-0.39, 0.29) is 25.8 Å². The molecule has 10 nitrogen and oxygen atoms in total. The van der Waals surface area contributed by atoms with Gasteiger partial charge < -0.3 is 0 Å². The zero-order valence-electron chi connectivity index (χ0n) is 13.0. The molecule has 2 N–H and O–H groups in total. The third-order valence-corrected chi connectivity index (χ3v) is 7.61. The van der Waals surface area contributed by atoms with Crippen molar-refractivity contribution >= 4 is 65.9 Å². The van der Waals surface area contributed by atoms with Crippen molar-refractivity contribution in [1.29, 1.82) is 0 Å². The largest absolute Gasteiger partial charge is 3.00 e. The van der Waals surface area contributed by atoms with Gasteiger partial charge in [0.05, 0.1) is 0 Å². The number of hydrogen-bond acceptors (Lipinski definition) is 8. The van der Waals surface area contributed by atoms with Crippen molar-refractivity contribution in [3.05, 3.63) is 0 Å². The van der Waals surface area contributed by atoms with Crippen LogP contribution in [-0.2, 0) is 40.1 Å². The molecule has 184 valence electrons. The van der Waals surface area contributed by atoms with Crippen LogP contribution >= 0.6 is 0 Å². The van der Waals surface area contributed by atoms with Crippen LogP contribution in [0.4, 0.5) is 52.7 Å². The molecule has 0 saturated heterocycles. The Hall–Kier alpha value is -0.250. The molecule has 0 bridgehead atoms. The second-order valence-corrected chi connectivity index (χ2v) is 11.2. The van der Waals surface area contributed by atoms with E-state index in [1.807, 2.05) is 0 Å². The fourth-order valence-corrected chi connectivity index (χ4v) is 4.30. The first-order valence-electron chi connectivity index (χ1n) is 5.23. The second kappa shape index (κ2) is 9.94. The SMILES string of the molecule is O=S(=O)(NS(=O)(=O)C(F)(F)F)C(F)(F)F.O=S(=O)(NS(=O)(=O)C(F)(F)F)C(F)(F)F.[In+3]. The van der Waals surface area contributed by atoms with Crippen LogP contribution in [0.5, 0.6) is 0 Å². The van der Waals surface area contributed by atoms with Gasteiger partial charge in [-0.2, -0.15) is 52.7 Å². The van der Waals surface area contributed by atoms with Gasteiger partial charge >= 0.3 is 88.0 Å². The summed E-state index contributed by atoms with van der Waals surface area (Å²) in [5.74, 6) is 0. The van der Waals surface area contributed by atoms with Gasteiger partial charge in [0.25, 0.3) is 0 Å². The molecule has 0 saturated carbocycles. The summed E-state index contributed by atoms with van der Waals surface area (Å²) in [5.41, 5.74) is -24.6. The molecular weight excluding hydrogens is 675 g/mol. The molecule has 0 aromatic rings. The summed E-state index contributed by atoms with van der Waals surface area (Å²) < 4.78 is 217. The number of hydrogen-bond donors (Lipinski definition) is 2. The summed E-state index contributed by atoms with van der Waals surface area (Å²) in [6, 6.07) is 0. The maximum absolute atomic E-state index is 11.5. The average molecular weight is 677 g/mol. The molecule has 31 heavy (non-hydrogen) atoms. The summed E-state index contributed by atoms with van der Waals surface area (Å²) in [4.78, 5) is 0. The van der Waals surface area contributed by atoms with E-state index in [0.29, 0.717) is 0 Å². The number of sulfonamides is 4. The normalized spacial score (nSPS) is 14.8. The fraction of sp³-hybridized carbons (Fsp3) is 1.00. The molecule has 0 rings (SSSR count). The molecule has 27 heteroatoms. The third kappa shape index (κ3) is 10.0. The van der Waals surface area contributed by atoms with Crippen LogP contribution in [0.2, 0.25) is 0 Å². The van der Waals surface area contributed by atoms with E-state index in [4.69, 9.17) is 0 Å². The molecule has 0 aliphatic rings. The van der Waals surface area contributed by atoms with Gasteiger partial charge in [0, 0.05) is 0 Å². The number of halogens is 12. The fourth-order valence-electron chi connectivity index (χ4n) is 0.478. The third-order valence-electron chi connectivity index (χ3n) is 1.66. The predicted octanol–water partition coefficient (Wildman–Crippen LogP) is 0.170. The zero-order valence-corrected chi connectivity index (χ0v) is 19.6. The van der Waals surface area contributed by atoms with E-state index in [0.717, 1.165) is 0 Å². The van der Waals surface area contributed by atoms with Crippen LogP contribution < -0.4 is 8.25 Å². The minimum absolute atomic E-state index is 0. The van der Waals surface area contributed by atoms with Crippen LogP contribution in [-0.4, -0.2) is 81.5 Å². The molecule has 0 aliphatic carbocycles. The Morgan fingerprint density at radius 2 is 0.452 bits per heavy atom. The first-order valence-corrected chi connectivity index (χ1v) is 11.2. The first kappa shape index (κ1) is 35.3. The van der Waals surface area contributed by atoms with Crippen molar-refractivity contribution < 1.29 is 86.4 Å². The van der Waals surface area contributed by atoms with E-state index in [9.17, 15) is 86.4 Å². The van der Waals surface area contributed by atoms with Crippen molar-refractivity contribution in [2.75, 3.05) is 0 Å². The Bertz CT molecular complexity index is 862. The molecular formula is C4H2F12InN2O8S4+3. The summed E-state index contributed by atoms with van der Waals surface area (Å²) in [7, 11) is -26.4. The Kier molecular flexibility index (Phi) is 11.3. The van der Waals surface area contributed by atoms with E-state index < -0.39 is 70.4 Å². The molecule has 0 aromatic carbocycles. The molecule has 0 amide bonds. The molecule has 0 atom stereocenters. The molecule has 0 fully saturated rings. The topological polar surface area (TPSA) is 161 Å². The summed E-state index contributed by atoms with van der Waals surface area (Å²) in [6.45, 7) is 0. The monoisotopic (exact) mass is 677 g/mol. The maximum atomic E-state index is 11.5. The molecule has 0 aromatic heterocycles. The maximum Gasteiger partial charge on any atom is 3.00 e. The van der Waals surface area contributed by atoms with Crippen LogP contribution in [0, 0.1) is 0 Å². The minimum Gasteiger partial charge on any atom is -0.202 e. The van der Waals surface area contributed by atoms with Gasteiger partial charge in [-0.15, -0.1) is 0 Å². The summed E-state index contributed by atoms with van der Waals surface area (Å²) in [5, 5.41) is 0. The zero-order chi connectivity index (χ0) is 25.4. The van der Waals surface area contributed by atoms with Crippen molar-refractivity contribution in [1.82, 2.24) is 8.25 Å². The Balaban J connectivity index is -0.000000490. The molecule has 0 radical (unpaired) electrons. The molecule has 0 spiro atoms. The van der Waals surface area contributed by atoms with Crippen molar-refractivity contribution in [3.8, 4) is 0 Å². The number of nitrogens with one attached hydrogen (secondary N) is 2. The quantitative estimate of drug-likeness (QED) is 0.399. The number of alkyl halides is 12. The van der Waals surface area contributed by atoms with Gasteiger partial charge in [-0.1, -0.05) is 8.25 Å². The Labute approximate surface area is 182 Å². The minimum atomic E-state index is -6.60. The first-order chi connectivity index (χ1) is 12.4. The van der Waals surface area contributed by atoms with Crippen LogP contribution in [0.15, 0.2) is 0 Å². The van der Waals surface area contributed by atoms with Crippen LogP contribution in [0.1, 0.15) is 0 Å². The Morgan fingerprint density at radius 3 is 0.516 bits per heavy atom. The Morgan fingerprint density at radius 1 is 0.355 bits per heavy atom. The van der Waals surface area contributed by atoms with Gasteiger partial charge in [-0.3, -0.25) is 0 Å². The van der Waals surface area contributed by atoms with E-state index in [1.54, 1.807) is 0 Å². The van der Waals surface area contributed by atoms with Crippen molar-refractivity contribution in [3.63, 3.8) is 0 Å². The van der Waals surface area contributed by atoms with Crippen LogP contribution in [0.25, 0.3) is 0 Å². The van der Waals surface area contributed by atoms with Gasteiger partial charge in [0.15, 0.2) is 0 Å². The molecule has 0 unspecified atom stereocenters. The van der Waals surface area contributed by atoms with Crippen molar-refractivity contribution in [2.24, 2.45) is 0 Å². The van der Waals surface area contributed by atoms with Gasteiger partial charge in [0.2, 0.25) is 0 Å². The average Bonchev–Trinajstić information content (AvgIpc) is 2.30. The van der Waals surface area contributed by atoms with Gasteiger partial charge in [-0.05, 0) is 0 Å². The standard InChI is InChI=1S/2C2HF6NO4S2.In/c2*3-1(4,5)14(10,11)9-15(12,13)2(6,7)8;/h2*9H;/q;;+3. The van der Waals surface area contributed by atoms with E-state index >= 15 is 0 Å². The summed E-state index contributed by atoms with van der Waals surface area (Å²) in [6.07, 6.45) is 0. The van der Waals surface area contributed by atoms with Crippen molar-refractivity contribution in [2.45, 2.75) is 22.0 Å². The van der Waals surface area contributed by atoms with Gasteiger partial charge in [0.1, 0.15) is 0 Å². The summed E-state index contributed by atoms with van der Waals surface area (Å²) >= 11 is 0. The van der Waals surface area contributed by atoms with Crippen LogP contribution in [0.3, 0.4) is 0 Å². The van der Waals surface area contributed by atoms with E-state index in [2.05, 4.69) is 0 Å². The predicted molar refractivity (Wildman–Crippen MR) is 71.9 cm³/mol. The van der Waals surface area contributed by atoms with E-state index in [1.165, 1.54) is 0 Å². The number of rotatable bonds is 4. The molecule has 0 aliphatic heterocycles. The van der Waals surface area contributed by atoms with Gasteiger partial charge in [-0.25, -0.2) is 33.7 Å². The second-order valence-electron chi connectivity index (χ2n) is 3.96. The smallest absolute Gasteiger partial charge is 0.202 e.